The van der Waals surface area contributed by atoms with Crippen LogP contribution in [0.3, 0.4) is 0 Å². The average Bonchev–Trinajstić information content (AvgIpc) is 3.00. The van der Waals surface area contributed by atoms with Crippen LogP contribution in [-0.4, -0.2) is 30.4 Å². The molecule has 0 aliphatic rings. The second-order valence-electron chi connectivity index (χ2n) is 4.54. The summed E-state index contributed by atoms with van der Waals surface area (Å²) in [5.41, 5.74) is 1.50. The minimum Gasteiger partial charge on any atom is -0.478 e. The maximum atomic E-state index is 11.4. The average molecular weight is 270 g/mol. The standard InChI is InChI=1S/C14H14N4O2/c1-3-11-15-10-6-4-5-9(14(19)20)13(10)18(11)12-7-8-17(2)16-12/h4-8H,3H2,1-2H3,(H,19,20). The van der Waals surface area contributed by atoms with Crippen LogP contribution in [0.2, 0.25) is 0 Å². The van der Waals surface area contributed by atoms with Crippen molar-refractivity contribution in [3.05, 3.63) is 41.9 Å². The van der Waals surface area contributed by atoms with Crippen LogP contribution in [0, 0.1) is 0 Å². The summed E-state index contributed by atoms with van der Waals surface area (Å²) in [4.78, 5) is 15.9. The first-order valence-electron chi connectivity index (χ1n) is 6.35. The third-order valence-corrected chi connectivity index (χ3v) is 3.22. The van der Waals surface area contributed by atoms with Crippen LogP contribution in [0.15, 0.2) is 30.5 Å². The van der Waals surface area contributed by atoms with E-state index in [-0.39, 0.29) is 5.56 Å². The van der Waals surface area contributed by atoms with Crippen molar-refractivity contribution >= 4 is 17.0 Å². The van der Waals surface area contributed by atoms with Crippen LogP contribution in [0.25, 0.3) is 16.9 Å². The zero-order chi connectivity index (χ0) is 14.3. The summed E-state index contributed by atoms with van der Waals surface area (Å²) in [7, 11) is 1.83. The molecule has 0 bridgehead atoms. The number of fused-ring (bicyclic) bond motifs is 1. The number of carboxylic acids is 1. The molecular weight excluding hydrogens is 256 g/mol. The quantitative estimate of drug-likeness (QED) is 0.790. The first kappa shape index (κ1) is 12.4. The Morgan fingerprint density at radius 3 is 2.75 bits per heavy atom. The molecule has 0 spiro atoms. The van der Waals surface area contributed by atoms with Gasteiger partial charge in [0.1, 0.15) is 5.82 Å². The molecule has 0 aliphatic carbocycles. The number of para-hydroxylation sites is 1. The number of carbonyl (C=O) groups is 1. The predicted molar refractivity (Wildman–Crippen MR) is 74.2 cm³/mol. The molecule has 6 heteroatoms. The third kappa shape index (κ3) is 1.77. The number of imidazole rings is 1. The molecule has 2 heterocycles. The van der Waals surface area contributed by atoms with Gasteiger partial charge in [0.2, 0.25) is 0 Å². The largest absolute Gasteiger partial charge is 0.478 e. The van der Waals surface area contributed by atoms with Gasteiger partial charge >= 0.3 is 5.97 Å². The number of nitrogens with zero attached hydrogens (tertiary/aromatic N) is 4. The van der Waals surface area contributed by atoms with Crippen LogP contribution in [0.5, 0.6) is 0 Å². The summed E-state index contributed by atoms with van der Waals surface area (Å²) in [6.07, 6.45) is 2.52. The van der Waals surface area contributed by atoms with Gasteiger partial charge < -0.3 is 5.11 Å². The number of carboxylic acid groups (broad SMARTS) is 1. The molecule has 0 saturated carbocycles. The molecule has 1 aromatic carbocycles. The van der Waals surface area contributed by atoms with Gasteiger partial charge in [0.25, 0.3) is 0 Å². The number of aryl methyl sites for hydroxylation is 2. The fourth-order valence-corrected chi connectivity index (χ4v) is 2.35. The van der Waals surface area contributed by atoms with E-state index in [2.05, 4.69) is 10.1 Å². The van der Waals surface area contributed by atoms with E-state index < -0.39 is 5.97 Å². The molecule has 3 rings (SSSR count). The minimum absolute atomic E-state index is 0.236. The van der Waals surface area contributed by atoms with Gasteiger partial charge in [-0.2, -0.15) is 5.10 Å². The highest BCUT2D eigenvalue weighted by molar-refractivity contribution is 6.01. The monoisotopic (exact) mass is 270 g/mol. The Balaban J connectivity index is 2.41. The maximum absolute atomic E-state index is 11.4. The molecule has 3 aromatic rings. The fraction of sp³-hybridized carbons (Fsp3) is 0.214. The Morgan fingerprint density at radius 2 is 2.15 bits per heavy atom. The molecular formula is C14H14N4O2. The Kier molecular flexibility index (Phi) is 2.78. The van der Waals surface area contributed by atoms with Gasteiger partial charge in [0, 0.05) is 25.7 Å². The Labute approximate surface area is 115 Å². The van der Waals surface area contributed by atoms with Gasteiger partial charge in [-0.15, -0.1) is 0 Å². The van der Waals surface area contributed by atoms with Gasteiger partial charge in [-0.1, -0.05) is 13.0 Å². The van der Waals surface area contributed by atoms with E-state index in [1.807, 2.05) is 36.9 Å². The molecule has 0 atom stereocenters. The zero-order valence-corrected chi connectivity index (χ0v) is 11.2. The molecule has 0 radical (unpaired) electrons. The van der Waals surface area contributed by atoms with Crippen molar-refractivity contribution in [1.82, 2.24) is 19.3 Å². The second-order valence-corrected chi connectivity index (χ2v) is 4.54. The molecule has 2 aromatic heterocycles. The highest BCUT2D eigenvalue weighted by Gasteiger charge is 2.18. The topological polar surface area (TPSA) is 72.9 Å². The van der Waals surface area contributed by atoms with Crippen molar-refractivity contribution in [1.29, 1.82) is 0 Å². The number of hydrogen-bond donors (Lipinski definition) is 1. The van der Waals surface area contributed by atoms with Crippen LogP contribution < -0.4 is 0 Å². The van der Waals surface area contributed by atoms with Crippen molar-refractivity contribution in [3.63, 3.8) is 0 Å². The summed E-state index contributed by atoms with van der Waals surface area (Å²) in [6.45, 7) is 1.99. The lowest BCUT2D eigenvalue weighted by molar-refractivity contribution is 0.0698. The Morgan fingerprint density at radius 1 is 1.35 bits per heavy atom. The molecule has 0 fully saturated rings. The summed E-state index contributed by atoms with van der Waals surface area (Å²) in [5.74, 6) is 0.517. The fourth-order valence-electron chi connectivity index (χ4n) is 2.35. The molecule has 0 aliphatic heterocycles. The molecule has 1 N–H and O–H groups in total. The van der Waals surface area contributed by atoms with Crippen molar-refractivity contribution in [2.24, 2.45) is 7.05 Å². The number of aromatic nitrogens is 4. The molecule has 6 nitrogen and oxygen atoms in total. The molecule has 20 heavy (non-hydrogen) atoms. The minimum atomic E-state index is -0.963. The van der Waals surface area contributed by atoms with E-state index in [0.717, 1.165) is 5.82 Å². The van der Waals surface area contributed by atoms with Crippen LogP contribution in [-0.2, 0) is 13.5 Å². The van der Waals surface area contributed by atoms with Crippen molar-refractivity contribution in [2.45, 2.75) is 13.3 Å². The zero-order valence-electron chi connectivity index (χ0n) is 11.2. The first-order chi connectivity index (χ1) is 9.61. The van der Waals surface area contributed by atoms with E-state index in [1.54, 1.807) is 16.8 Å². The van der Waals surface area contributed by atoms with Gasteiger partial charge in [0.15, 0.2) is 5.82 Å². The number of aromatic carboxylic acids is 1. The van der Waals surface area contributed by atoms with Crippen LogP contribution in [0.1, 0.15) is 23.1 Å². The van der Waals surface area contributed by atoms with E-state index >= 15 is 0 Å². The molecule has 102 valence electrons. The lowest BCUT2D eigenvalue weighted by Gasteiger charge is -2.06. The van der Waals surface area contributed by atoms with E-state index in [0.29, 0.717) is 23.3 Å². The SMILES string of the molecule is CCc1nc2cccc(C(=O)O)c2n1-c1ccn(C)n1. The van der Waals surface area contributed by atoms with Gasteiger partial charge in [-0.3, -0.25) is 9.25 Å². The van der Waals surface area contributed by atoms with Crippen LogP contribution in [0.4, 0.5) is 0 Å². The van der Waals surface area contributed by atoms with Gasteiger partial charge in [0.05, 0.1) is 16.6 Å². The first-order valence-corrected chi connectivity index (χ1v) is 6.35. The number of rotatable bonds is 3. The van der Waals surface area contributed by atoms with Crippen molar-refractivity contribution in [2.75, 3.05) is 0 Å². The lowest BCUT2D eigenvalue weighted by atomic mass is 10.2. The van der Waals surface area contributed by atoms with Gasteiger partial charge in [-0.25, -0.2) is 9.78 Å². The van der Waals surface area contributed by atoms with Crippen molar-refractivity contribution < 1.29 is 9.90 Å². The second kappa shape index (κ2) is 4.48. The third-order valence-electron chi connectivity index (χ3n) is 3.22. The van der Waals surface area contributed by atoms with E-state index in [9.17, 15) is 9.90 Å². The highest BCUT2D eigenvalue weighted by atomic mass is 16.4. The van der Waals surface area contributed by atoms with Crippen molar-refractivity contribution in [3.8, 4) is 5.82 Å². The van der Waals surface area contributed by atoms with E-state index in [1.165, 1.54) is 0 Å². The molecule has 0 saturated heterocycles. The van der Waals surface area contributed by atoms with E-state index in [4.69, 9.17) is 0 Å². The lowest BCUT2D eigenvalue weighted by Crippen LogP contribution is -2.06. The number of benzene rings is 1. The molecule has 0 unspecified atom stereocenters. The Hall–Kier alpha value is -2.63. The normalized spacial score (nSPS) is 11.1. The summed E-state index contributed by atoms with van der Waals surface area (Å²) < 4.78 is 3.50. The summed E-state index contributed by atoms with van der Waals surface area (Å²) in [5, 5.41) is 13.7. The highest BCUT2D eigenvalue weighted by Crippen LogP contribution is 2.24. The van der Waals surface area contributed by atoms with Gasteiger partial charge in [-0.05, 0) is 12.1 Å². The number of hydrogen-bond acceptors (Lipinski definition) is 3. The smallest absolute Gasteiger partial charge is 0.337 e. The molecule has 0 amide bonds. The summed E-state index contributed by atoms with van der Waals surface area (Å²) in [6, 6.07) is 6.96. The predicted octanol–water partition coefficient (Wildman–Crippen LogP) is 2.02. The Bertz CT molecular complexity index is 801. The van der Waals surface area contributed by atoms with Crippen LogP contribution >= 0.6 is 0 Å². The summed E-state index contributed by atoms with van der Waals surface area (Å²) >= 11 is 0. The maximum Gasteiger partial charge on any atom is 0.337 e.